The molecule has 1 N–H and O–H groups in total. The maximum Gasteiger partial charge on any atom is 0.167 e. The summed E-state index contributed by atoms with van der Waals surface area (Å²) >= 11 is 1.64. The van der Waals surface area contributed by atoms with Crippen LogP contribution >= 0.6 is 11.8 Å². The summed E-state index contributed by atoms with van der Waals surface area (Å²) < 4.78 is 0. The lowest BCUT2D eigenvalue weighted by atomic mass is 10.1. The Bertz CT molecular complexity index is 156. The smallest absolute Gasteiger partial charge is 0.167 e. The van der Waals surface area contributed by atoms with E-state index in [0.717, 1.165) is 12.2 Å². The molecule has 1 aliphatic heterocycles. The first-order chi connectivity index (χ1) is 4.73. The average molecular weight is 160 g/mol. The Morgan fingerprint density at radius 3 is 2.90 bits per heavy atom. The second-order valence-corrected chi connectivity index (χ2v) is 3.93. The van der Waals surface area contributed by atoms with Gasteiger partial charge in [-0.25, -0.2) is 4.89 Å². The molecule has 0 saturated carbocycles. The van der Waals surface area contributed by atoms with E-state index in [2.05, 4.69) is 4.89 Å². The molecule has 1 unspecified atom stereocenters. The van der Waals surface area contributed by atoms with Gasteiger partial charge in [0.25, 0.3) is 0 Å². The van der Waals surface area contributed by atoms with E-state index in [4.69, 9.17) is 5.26 Å². The summed E-state index contributed by atoms with van der Waals surface area (Å²) in [7, 11) is 0. The maximum atomic E-state index is 8.57. The van der Waals surface area contributed by atoms with Gasteiger partial charge in [0.15, 0.2) is 4.93 Å². The number of thioether (sulfide) groups is 1. The molecule has 2 nitrogen and oxygen atoms in total. The topological polar surface area (TPSA) is 29.5 Å². The number of allylic oxidation sites excluding steroid dienone is 1. The highest BCUT2D eigenvalue weighted by Crippen LogP contribution is 2.42. The van der Waals surface area contributed by atoms with Crippen molar-refractivity contribution in [1.82, 2.24) is 0 Å². The van der Waals surface area contributed by atoms with E-state index in [1.165, 1.54) is 5.57 Å². The van der Waals surface area contributed by atoms with Crippen molar-refractivity contribution in [2.45, 2.75) is 25.2 Å². The summed E-state index contributed by atoms with van der Waals surface area (Å²) in [6, 6.07) is 0. The fourth-order valence-electron chi connectivity index (χ4n) is 1.17. The predicted octanol–water partition coefficient (Wildman–Crippen LogP) is 2.28. The van der Waals surface area contributed by atoms with Crippen molar-refractivity contribution < 1.29 is 10.1 Å². The van der Waals surface area contributed by atoms with Crippen LogP contribution in [0.15, 0.2) is 11.6 Å². The van der Waals surface area contributed by atoms with Crippen LogP contribution in [0.3, 0.4) is 0 Å². The van der Waals surface area contributed by atoms with Gasteiger partial charge in [0.05, 0.1) is 0 Å². The highest BCUT2D eigenvalue weighted by molar-refractivity contribution is 8.01. The van der Waals surface area contributed by atoms with E-state index in [-0.39, 0.29) is 0 Å². The van der Waals surface area contributed by atoms with Crippen molar-refractivity contribution in [3.63, 3.8) is 0 Å². The normalized spacial score (nSPS) is 37.3. The van der Waals surface area contributed by atoms with Gasteiger partial charge in [-0.2, -0.15) is 0 Å². The molecular weight excluding hydrogens is 148 g/mol. The lowest BCUT2D eigenvalue weighted by Gasteiger charge is -2.19. The van der Waals surface area contributed by atoms with E-state index >= 15 is 0 Å². The van der Waals surface area contributed by atoms with Crippen LogP contribution in [0.25, 0.3) is 0 Å². The fraction of sp³-hybridized carbons (Fsp3) is 0.714. The number of hydrogen-bond acceptors (Lipinski definition) is 3. The molecule has 0 spiro atoms. The van der Waals surface area contributed by atoms with Crippen LogP contribution in [0.1, 0.15) is 20.3 Å². The molecule has 1 saturated heterocycles. The maximum absolute atomic E-state index is 8.57. The van der Waals surface area contributed by atoms with E-state index < -0.39 is 4.93 Å². The molecule has 0 amide bonds. The van der Waals surface area contributed by atoms with Gasteiger partial charge in [0.1, 0.15) is 0 Å². The van der Waals surface area contributed by atoms with Gasteiger partial charge >= 0.3 is 0 Å². The quantitative estimate of drug-likeness (QED) is 0.362. The molecule has 1 fully saturated rings. The van der Waals surface area contributed by atoms with Crippen LogP contribution in [0.4, 0.5) is 0 Å². The van der Waals surface area contributed by atoms with Gasteiger partial charge in [0.2, 0.25) is 0 Å². The fourth-order valence-corrected chi connectivity index (χ4v) is 2.34. The van der Waals surface area contributed by atoms with E-state index in [1.807, 2.05) is 19.9 Å². The molecule has 10 heavy (non-hydrogen) atoms. The van der Waals surface area contributed by atoms with Crippen molar-refractivity contribution in [2.24, 2.45) is 0 Å². The molecular formula is C7H12O2S. The summed E-state index contributed by atoms with van der Waals surface area (Å²) in [5.74, 6) is 1.04. The third kappa shape index (κ3) is 1.21. The minimum Gasteiger partial charge on any atom is -0.250 e. The molecule has 1 atom stereocenters. The zero-order chi connectivity index (χ0) is 7.61. The van der Waals surface area contributed by atoms with Crippen LogP contribution in [-0.4, -0.2) is 15.9 Å². The Balaban J connectivity index is 2.75. The van der Waals surface area contributed by atoms with Gasteiger partial charge < -0.3 is 0 Å². The van der Waals surface area contributed by atoms with Crippen LogP contribution in [-0.2, 0) is 4.89 Å². The molecule has 0 aromatic heterocycles. The predicted molar refractivity (Wildman–Crippen MR) is 43.0 cm³/mol. The monoisotopic (exact) mass is 160 g/mol. The highest BCUT2D eigenvalue weighted by Gasteiger charge is 2.35. The molecule has 3 heteroatoms. The zero-order valence-electron chi connectivity index (χ0n) is 6.26. The van der Waals surface area contributed by atoms with E-state index in [0.29, 0.717) is 0 Å². The van der Waals surface area contributed by atoms with Gasteiger partial charge in [-0.05, 0) is 25.8 Å². The van der Waals surface area contributed by atoms with Crippen LogP contribution in [0.2, 0.25) is 0 Å². The van der Waals surface area contributed by atoms with Crippen molar-refractivity contribution in [3.8, 4) is 0 Å². The molecule has 0 bridgehead atoms. The second kappa shape index (κ2) is 2.95. The second-order valence-electron chi connectivity index (χ2n) is 2.45. The largest absolute Gasteiger partial charge is 0.250 e. The summed E-state index contributed by atoms with van der Waals surface area (Å²) in [5.41, 5.74) is 1.18. The van der Waals surface area contributed by atoms with Gasteiger partial charge in [-0.1, -0.05) is 6.08 Å². The van der Waals surface area contributed by atoms with Crippen molar-refractivity contribution >= 4 is 11.8 Å². The van der Waals surface area contributed by atoms with Crippen LogP contribution < -0.4 is 0 Å². The SMILES string of the molecule is C/C=C1/CCSC1(C)OO. The molecule has 58 valence electrons. The average Bonchev–Trinajstić information content (AvgIpc) is 2.32. The first-order valence-corrected chi connectivity index (χ1v) is 4.33. The van der Waals surface area contributed by atoms with Crippen molar-refractivity contribution in [3.05, 3.63) is 11.6 Å². The van der Waals surface area contributed by atoms with Gasteiger partial charge in [-0.3, -0.25) is 5.26 Å². The zero-order valence-corrected chi connectivity index (χ0v) is 7.07. The van der Waals surface area contributed by atoms with Gasteiger partial charge in [-0.15, -0.1) is 11.8 Å². The first-order valence-electron chi connectivity index (χ1n) is 3.35. The summed E-state index contributed by atoms with van der Waals surface area (Å²) in [6.07, 6.45) is 3.04. The molecule has 0 aromatic rings. The molecule has 0 radical (unpaired) electrons. The lowest BCUT2D eigenvalue weighted by molar-refractivity contribution is -0.275. The molecule has 1 heterocycles. The Labute approximate surface area is 65.2 Å². The number of rotatable bonds is 1. The summed E-state index contributed by atoms with van der Waals surface area (Å²) in [4.78, 5) is 3.93. The minimum atomic E-state index is -0.464. The molecule has 0 aromatic carbocycles. The van der Waals surface area contributed by atoms with E-state index in [1.54, 1.807) is 11.8 Å². The Hall–Kier alpha value is 0.01000. The molecule has 1 aliphatic rings. The van der Waals surface area contributed by atoms with Crippen LogP contribution in [0.5, 0.6) is 0 Å². The van der Waals surface area contributed by atoms with Crippen molar-refractivity contribution in [2.75, 3.05) is 5.75 Å². The number of hydrogen-bond donors (Lipinski definition) is 1. The Morgan fingerprint density at radius 1 is 1.80 bits per heavy atom. The molecule has 0 aliphatic carbocycles. The Morgan fingerprint density at radius 2 is 2.50 bits per heavy atom. The standard InChI is InChI=1S/C7H12O2S/c1-3-6-4-5-10-7(6,2)9-8/h3,8H,4-5H2,1-2H3/b6-3-. The van der Waals surface area contributed by atoms with Crippen molar-refractivity contribution in [1.29, 1.82) is 0 Å². The van der Waals surface area contributed by atoms with E-state index in [9.17, 15) is 0 Å². The van der Waals surface area contributed by atoms with Crippen LogP contribution in [0, 0.1) is 0 Å². The van der Waals surface area contributed by atoms with Gasteiger partial charge in [0, 0.05) is 5.75 Å². The third-order valence-electron chi connectivity index (χ3n) is 1.85. The summed E-state index contributed by atoms with van der Waals surface area (Å²) in [5, 5.41) is 8.57. The highest BCUT2D eigenvalue weighted by atomic mass is 32.2. The lowest BCUT2D eigenvalue weighted by Crippen LogP contribution is -2.20. The first kappa shape index (κ1) is 8.11. The Kier molecular flexibility index (Phi) is 2.39. The minimum absolute atomic E-state index is 0.464. The molecule has 1 rings (SSSR count). The third-order valence-corrected chi connectivity index (χ3v) is 3.15. The summed E-state index contributed by atoms with van der Waals surface area (Å²) in [6.45, 7) is 3.86.